The standard InChI is InChI=1S/C19H20N6O3S/c1-22(14-2-4-15(5-3-14)25(27)28)17(26)12-23-7-9-24(10-8-23)18-16-6-11-29-19(16)21-13-20-18/h2-6,11,13H,7-10,12H2,1H3. The van der Waals surface area contributed by atoms with Crippen LogP contribution < -0.4 is 9.80 Å². The van der Waals surface area contributed by atoms with Gasteiger partial charge >= 0.3 is 0 Å². The Bertz CT molecular complexity index is 1030. The highest BCUT2D eigenvalue weighted by Gasteiger charge is 2.23. The first-order chi connectivity index (χ1) is 14.0. The highest BCUT2D eigenvalue weighted by Crippen LogP contribution is 2.27. The van der Waals surface area contributed by atoms with Crippen molar-refractivity contribution in [1.82, 2.24) is 14.9 Å². The number of rotatable bonds is 5. The number of fused-ring (bicyclic) bond motifs is 1. The molecule has 0 radical (unpaired) electrons. The third-order valence-electron chi connectivity index (χ3n) is 5.09. The fourth-order valence-electron chi connectivity index (χ4n) is 3.39. The van der Waals surface area contributed by atoms with Gasteiger partial charge in [0.2, 0.25) is 5.91 Å². The summed E-state index contributed by atoms with van der Waals surface area (Å²) >= 11 is 1.60. The summed E-state index contributed by atoms with van der Waals surface area (Å²) < 4.78 is 0. The number of aromatic nitrogens is 2. The van der Waals surface area contributed by atoms with Crippen LogP contribution in [0.25, 0.3) is 10.2 Å². The van der Waals surface area contributed by atoms with E-state index in [0.717, 1.165) is 42.2 Å². The molecule has 150 valence electrons. The Morgan fingerprint density at radius 2 is 1.90 bits per heavy atom. The van der Waals surface area contributed by atoms with Crippen molar-refractivity contribution < 1.29 is 9.72 Å². The van der Waals surface area contributed by atoms with E-state index in [1.807, 2.05) is 11.4 Å². The Kier molecular flexibility index (Phi) is 5.36. The highest BCUT2D eigenvalue weighted by atomic mass is 32.1. The van der Waals surface area contributed by atoms with Gasteiger partial charge in [0.15, 0.2) is 0 Å². The van der Waals surface area contributed by atoms with E-state index in [4.69, 9.17) is 0 Å². The number of hydrogen-bond acceptors (Lipinski definition) is 8. The van der Waals surface area contributed by atoms with Crippen molar-refractivity contribution in [1.29, 1.82) is 0 Å². The Labute approximate surface area is 171 Å². The lowest BCUT2D eigenvalue weighted by Crippen LogP contribution is -2.50. The summed E-state index contributed by atoms with van der Waals surface area (Å²) in [5, 5.41) is 13.9. The van der Waals surface area contributed by atoms with E-state index < -0.39 is 4.92 Å². The molecule has 2 aromatic heterocycles. The van der Waals surface area contributed by atoms with Crippen LogP contribution in [0.1, 0.15) is 0 Å². The summed E-state index contributed by atoms with van der Waals surface area (Å²) in [4.78, 5) is 38.6. The second-order valence-corrected chi connectivity index (χ2v) is 7.72. The number of non-ortho nitro benzene ring substituents is 1. The molecule has 0 spiro atoms. The van der Waals surface area contributed by atoms with Crippen molar-refractivity contribution in [3.8, 4) is 0 Å². The van der Waals surface area contributed by atoms with Gasteiger partial charge in [-0.15, -0.1) is 11.3 Å². The fraction of sp³-hybridized carbons (Fsp3) is 0.316. The molecule has 0 N–H and O–H groups in total. The van der Waals surface area contributed by atoms with Gasteiger partial charge in [-0.1, -0.05) is 0 Å². The summed E-state index contributed by atoms with van der Waals surface area (Å²) in [6, 6.07) is 8.05. The number of nitro groups is 1. The van der Waals surface area contributed by atoms with Crippen LogP contribution in [0.2, 0.25) is 0 Å². The normalized spacial score (nSPS) is 14.9. The summed E-state index contributed by atoms with van der Waals surface area (Å²) in [5.74, 6) is 0.903. The van der Waals surface area contributed by atoms with Crippen LogP contribution in [0, 0.1) is 10.1 Å². The van der Waals surface area contributed by atoms with Crippen LogP contribution >= 0.6 is 11.3 Å². The average molecular weight is 412 g/mol. The zero-order valence-electron chi connectivity index (χ0n) is 15.9. The maximum absolute atomic E-state index is 12.6. The molecular formula is C19H20N6O3S. The van der Waals surface area contributed by atoms with Gasteiger partial charge in [-0.3, -0.25) is 19.8 Å². The van der Waals surface area contributed by atoms with Crippen LogP contribution in [0.3, 0.4) is 0 Å². The van der Waals surface area contributed by atoms with Crippen LogP contribution in [0.15, 0.2) is 42.0 Å². The molecule has 0 atom stereocenters. The van der Waals surface area contributed by atoms with E-state index in [1.165, 1.54) is 17.0 Å². The molecule has 3 aromatic rings. The van der Waals surface area contributed by atoms with Crippen molar-refractivity contribution in [2.75, 3.05) is 49.6 Å². The molecular weight excluding hydrogens is 392 g/mol. The van der Waals surface area contributed by atoms with Crippen molar-refractivity contribution in [2.45, 2.75) is 0 Å². The molecule has 1 fully saturated rings. The smallest absolute Gasteiger partial charge is 0.269 e. The van der Waals surface area contributed by atoms with Gasteiger partial charge in [-0.05, 0) is 23.6 Å². The number of likely N-dealkylation sites (N-methyl/N-ethyl adjacent to an activating group) is 1. The number of carbonyl (C=O) groups excluding carboxylic acids is 1. The van der Waals surface area contributed by atoms with Crippen molar-refractivity contribution in [3.63, 3.8) is 0 Å². The van der Waals surface area contributed by atoms with E-state index in [0.29, 0.717) is 12.2 Å². The number of hydrogen-bond donors (Lipinski definition) is 0. The minimum Gasteiger partial charge on any atom is -0.353 e. The van der Waals surface area contributed by atoms with Gasteiger partial charge in [-0.25, -0.2) is 9.97 Å². The fourth-order valence-corrected chi connectivity index (χ4v) is 4.11. The molecule has 0 aliphatic carbocycles. The van der Waals surface area contributed by atoms with Gasteiger partial charge in [0.05, 0.1) is 16.9 Å². The van der Waals surface area contributed by atoms with E-state index in [9.17, 15) is 14.9 Å². The molecule has 9 nitrogen and oxygen atoms in total. The lowest BCUT2D eigenvalue weighted by Gasteiger charge is -2.35. The number of thiophene rings is 1. The average Bonchev–Trinajstić information content (AvgIpc) is 3.23. The van der Waals surface area contributed by atoms with Crippen LogP contribution in [-0.4, -0.2) is 65.5 Å². The first-order valence-corrected chi connectivity index (χ1v) is 10.1. The molecule has 3 heterocycles. The third-order valence-corrected chi connectivity index (χ3v) is 5.91. The Hall–Kier alpha value is -3.11. The molecule has 1 amide bonds. The minimum atomic E-state index is -0.452. The van der Waals surface area contributed by atoms with Gasteiger partial charge in [0.25, 0.3) is 5.69 Å². The maximum Gasteiger partial charge on any atom is 0.269 e. The molecule has 1 saturated heterocycles. The predicted octanol–water partition coefficient (Wildman–Crippen LogP) is 2.38. The molecule has 0 saturated carbocycles. The molecule has 0 unspecified atom stereocenters. The lowest BCUT2D eigenvalue weighted by atomic mass is 10.2. The largest absolute Gasteiger partial charge is 0.353 e. The van der Waals surface area contributed by atoms with E-state index in [2.05, 4.69) is 19.8 Å². The highest BCUT2D eigenvalue weighted by molar-refractivity contribution is 7.16. The Morgan fingerprint density at radius 3 is 2.59 bits per heavy atom. The lowest BCUT2D eigenvalue weighted by molar-refractivity contribution is -0.384. The quantitative estimate of drug-likeness (QED) is 0.469. The number of carbonyl (C=O) groups is 1. The number of nitro benzene ring substituents is 1. The Balaban J connectivity index is 1.35. The number of nitrogens with zero attached hydrogens (tertiary/aromatic N) is 6. The second-order valence-electron chi connectivity index (χ2n) is 6.83. The van der Waals surface area contributed by atoms with Gasteiger partial charge in [0, 0.05) is 51.0 Å². The monoisotopic (exact) mass is 412 g/mol. The van der Waals surface area contributed by atoms with Crippen molar-refractivity contribution >= 4 is 44.7 Å². The molecule has 0 bridgehead atoms. The topological polar surface area (TPSA) is 95.7 Å². The first kappa shape index (κ1) is 19.2. The van der Waals surface area contributed by atoms with Crippen LogP contribution in [0.4, 0.5) is 17.2 Å². The minimum absolute atomic E-state index is 0.00942. The van der Waals surface area contributed by atoms with Gasteiger partial charge in [0.1, 0.15) is 17.0 Å². The maximum atomic E-state index is 12.6. The summed E-state index contributed by atoms with van der Waals surface area (Å²) in [6.45, 7) is 3.40. The van der Waals surface area contributed by atoms with Gasteiger partial charge in [-0.2, -0.15) is 0 Å². The van der Waals surface area contributed by atoms with E-state index >= 15 is 0 Å². The number of benzene rings is 1. The third kappa shape index (κ3) is 4.03. The number of anilines is 2. The van der Waals surface area contributed by atoms with Gasteiger partial charge < -0.3 is 9.80 Å². The van der Waals surface area contributed by atoms with Crippen molar-refractivity contribution in [3.05, 3.63) is 52.2 Å². The van der Waals surface area contributed by atoms with E-state index in [1.54, 1.807) is 36.8 Å². The molecule has 1 aromatic carbocycles. The SMILES string of the molecule is CN(C(=O)CN1CCN(c2ncnc3sccc23)CC1)c1ccc([N+](=O)[O-])cc1. The Morgan fingerprint density at radius 1 is 1.17 bits per heavy atom. The number of amides is 1. The second kappa shape index (κ2) is 8.10. The first-order valence-electron chi connectivity index (χ1n) is 9.19. The van der Waals surface area contributed by atoms with Crippen LogP contribution in [-0.2, 0) is 4.79 Å². The molecule has 1 aliphatic rings. The predicted molar refractivity (Wildman–Crippen MR) is 113 cm³/mol. The summed E-state index contributed by atoms with van der Waals surface area (Å²) in [6.07, 6.45) is 1.60. The van der Waals surface area contributed by atoms with E-state index in [-0.39, 0.29) is 11.6 Å². The zero-order valence-corrected chi connectivity index (χ0v) is 16.7. The molecule has 10 heteroatoms. The molecule has 29 heavy (non-hydrogen) atoms. The molecule has 1 aliphatic heterocycles. The number of piperazine rings is 1. The van der Waals surface area contributed by atoms with Crippen molar-refractivity contribution in [2.24, 2.45) is 0 Å². The molecule has 4 rings (SSSR count). The van der Waals surface area contributed by atoms with Crippen LogP contribution in [0.5, 0.6) is 0 Å². The summed E-state index contributed by atoms with van der Waals surface area (Å²) in [7, 11) is 1.69. The zero-order chi connectivity index (χ0) is 20.4. The summed E-state index contributed by atoms with van der Waals surface area (Å²) in [5.41, 5.74) is 0.648.